The van der Waals surface area contributed by atoms with Gasteiger partial charge in [0.25, 0.3) is 0 Å². The first kappa shape index (κ1) is 20.0. The summed E-state index contributed by atoms with van der Waals surface area (Å²) in [6.07, 6.45) is 6.04. The number of nitrogens with zero attached hydrogens (tertiary/aromatic N) is 5. The SMILES string of the molecule is Cc1cc(CN2CCN(c3cccc4nc(C(=O)O)cn34)CC2)cnc1C1CCCN1. The van der Waals surface area contributed by atoms with Gasteiger partial charge < -0.3 is 15.3 Å². The zero-order valence-electron chi connectivity index (χ0n) is 17.8. The van der Waals surface area contributed by atoms with E-state index >= 15 is 0 Å². The van der Waals surface area contributed by atoms with Gasteiger partial charge in [-0.3, -0.25) is 14.3 Å². The van der Waals surface area contributed by atoms with Crippen molar-refractivity contribution in [1.29, 1.82) is 0 Å². The highest BCUT2D eigenvalue weighted by molar-refractivity contribution is 5.86. The highest BCUT2D eigenvalue weighted by atomic mass is 16.4. The van der Waals surface area contributed by atoms with Gasteiger partial charge >= 0.3 is 5.97 Å². The predicted octanol–water partition coefficient (Wildman–Crippen LogP) is 2.48. The maximum atomic E-state index is 11.3. The number of aryl methyl sites for hydroxylation is 1. The van der Waals surface area contributed by atoms with E-state index in [4.69, 9.17) is 4.98 Å². The second kappa shape index (κ2) is 8.28. The van der Waals surface area contributed by atoms with E-state index in [1.165, 1.54) is 29.7 Å². The van der Waals surface area contributed by atoms with Crippen LogP contribution in [-0.2, 0) is 6.54 Å². The van der Waals surface area contributed by atoms with Crippen molar-refractivity contribution in [1.82, 2.24) is 24.6 Å². The van der Waals surface area contributed by atoms with E-state index in [0.29, 0.717) is 11.7 Å². The lowest BCUT2D eigenvalue weighted by Gasteiger charge is -2.36. The fourth-order valence-corrected chi connectivity index (χ4v) is 4.76. The van der Waals surface area contributed by atoms with Crippen molar-refractivity contribution in [3.05, 3.63) is 59.2 Å². The van der Waals surface area contributed by atoms with Crippen LogP contribution in [0, 0.1) is 6.92 Å². The molecular formula is C23H28N6O2. The fourth-order valence-electron chi connectivity index (χ4n) is 4.76. The summed E-state index contributed by atoms with van der Waals surface area (Å²) in [6, 6.07) is 8.50. The number of aromatic carboxylic acids is 1. The Hall–Kier alpha value is -2.97. The first-order valence-corrected chi connectivity index (χ1v) is 11.0. The van der Waals surface area contributed by atoms with Crippen molar-refractivity contribution in [2.24, 2.45) is 0 Å². The quantitative estimate of drug-likeness (QED) is 0.656. The zero-order valence-corrected chi connectivity index (χ0v) is 17.8. The largest absolute Gasteiger partial charge is 0.476 e. The van der Waals surface area contributed by atoms with Crippen LogP contribution in [0.4, 0.5) is 5.82 Å². The minimum atomic E-state index is -1.00. The number of carboxylic acid groups (broad SMARTS) is 1. The molecule has 0 aromatic carbocycles. The Morgan fingerprint density at radius 1 is 1.26 bits per heavy atom. The molecule has 1 atom stereocenters. The Morgan fingerprint density at radius 3 is 2.81 bits per heavy atom. The third-order valence-corrected chi connectivity index (χ3v) is 6.36. The molecule has 0 amide bonds. The number of carbonyl (C=O) groups is 1. The Labute approximate surface area is 181 Å². The van der Waals surface area contributed by atoms with Gasteiger partial charge in [-0.25, -0.2) is 9.78 Å². The Morgan fingerprint density at radius 2 is 2.10 bits per heavy atom. The zero-order chi connectivity index (χ0) is 21.4. The highest BCUT2D eigenvalue weighted by Gasteiger charge is 2.22. The lowest BCUT2D eigenvalue weighted by Crippen LogP contribution is -2.46. The van der Waals surface area contributed by atoms with E-state index in [2.05, 4.69) is 33.1 Å². The third-order valence-electron chi connectivity index (χ3n) is 6.36. The molecule has 0 radical (unpaired) electrons. The number of hydrogen-bond acceptors (Lipinski definition) is 6. The normalized spacial score (nSPS) is 19.9. The number of hydrogen-bond donors (Lipinski definition) is 2. The molecule has 0 bridgehead atoms. The van der Waals surface area contributed by atoms with Gasteiger partial charge in [0.2, 0.25) is 0 Å². The average Bonchev–Trinajstić information content (AvgIpc) is 3.44. The van der Waals surface area contributed by atoms with Crippen molar-refractivity contribution < 1.29 is 9.90 Å². The number of anilines is 1. The summed E-state index contributed by atoms with van der Waals surface area (Å²) in [5.74, 6) is -0.0128. The standard InChI is InChI=1S/C23H28N6O2/c1-16-12-17(13-25-22(16)18-4-3-7-24-18)14-27-8-10-28(11-9-27)21-6-2-5-20-26-19(23(30)31)15-29(20)21/h2,5-6,12-13,15,18,24H,3-4,7-11,14H2,1H3,(H,30,31). The molecule has 8 nitrogen and oxygen atoms in total. The average molecular weight is 421 g/mol. The molecule has 8 heteroatoms. The van der Waals surface area contributed by atoms with Crippen molar-refractivity contribution in [3.8, 4) is 0 Å². The van der Waals surface area contributed by atoms with Crippen molar-refractivity contribution >= 4 is 17.4 Å². The fraction of sp³-hybridized carbons (Fsp3) is 0.435. The summed E-state index contributed by atoms with van der Waals surface area (Å²) in [4.78, 5) is 25.0. The van der Waals surface area contributed by atoms with E-state index in [-0.39, 0.29) is 5.69 Å². The Bertz CT molecular complexity index is 1100. The molecule has 0 saturated carbocycles. The highest BCUT2D eigenvalue weighted by Crippen LogP contribution is 2.25. The van der Waals surface area contributed by atoms with Gasteiger partial charge in [-0.2, -0.15) is 0 Å². The number of pyridine rings is 2. The van der Waals surface area contributed by atoms with Crippen LogP contribution in [0.2, 0.25) is 0 Å². The van der Waals surface area contributed by atoms with Crippen LogP contribution >= 0.6 is 0 Å². The van der Waals surface area contributed by atoms with Gasteiger partial charge in [-0.15, -0.1) is 0 Å². The summed E-state index contributed by atoms with van der Waals surface area (Å²) in [5, 5.41) is 12.8. The molecule has 0 spiro atoms. The minimum Gasteiger partial charge on any atom is -0.476 e. The van der Waals surface area contributed by atoms with E-state index in [1.807, 2.05) is 28.8 Å². The second-order valence-corrected chi connectivity index (χ2v) is 8.50. The molecule has 5 heterocycles. The van der Waals surface area contributed by atoms with Gasteiger partial charge in [0.1, 0.15) is 11.5 Å². The predicted molar refractivity (Wildman–Crippen MR) is 119 cm³/mol. The smallest absolute Gasteiger partial charge is 0.356 e. The molecule has 2 N–H and O–H groups in total. The maximum Gasteiger partial charge on any atom is 0.356 e. The van der Waals surface area contributed by atoms with E-state index < -0.39 is 5.97 Å². The Kier molecular flexibility index (Phi) is 5.33. The summed E-state index contributed by atoms with van der Waals surface area (Å²) in [7, 11) is 0. The molecule has 162 valence electrons. The van der Waals surface area contributed by atoms with E-state index in [1.54, 1.807) is 6.20 Å². The molecule has 31 heavy (non-hydrogen) atoms. The van der Waals surface area contributed by atoms with Gasteiger partial charge in [-0.1, -0.05) is 12.1 Å². The maximum absolute atomic E-state index is 11.3. The monoisotopic (exact) mass is 420 g/mol. The number of carboxylic acids is 1. The van der Waals surface area contributed by atoms with Crippen LogP contribution in [0.25, 0.3) is 5.65 Å². The molecule has 0 aliphatic carbocycles. The summed E-state index contributed by atoms with van der Waals surface area (Å²) < 4.78 is 1.88. The van der Waals surface area contributed by atoms with Crippen LogP contribution in [0.3, 0.4) is 0 Å². The van der Waals surface area contributed by atoms with Gasteiger partial charge in [-0.05, 0) is 49.6 Å². The van der Waals surface area contributed by atoms with Crippen LogP contribution in [0.1, 0.15) is 46.2 Å². The molecule has 1 unspecified atom stereocenters. The summed E-state index contributed by atoms with van der Waals surface area (Å²) in [6.45, 7) is 7.82. The van der Waals surface area contributed by atoms with Crippen LogP contribution in [0.15, 0.2) is 36.7 Å². The molecule has 2 aliphatic rings. The molecule has 3 aromatic heterocycles. The molecule has 2 saturated heterocycles. The molecule has 3 aromatic rings. The van der Waals surface area contributed by atoms with Crippen molar-refractivity contribution in [2.45, 2.75) is 32.4 Å². The van der Waals surface area contributed by atoms with Gasteiger partial charge in [0, 0.05) is 51.2 Å². The number of nitrogens with one attached hydrogen (secondary N) is 1. The second-order valence-electron chi connectivity index (χ2n) is 8.50. The number of fused-ring (bicyclic) bond motifs is 1. The first-order chi connectivity index (χ1) is 15.1. The number of aromatic nitrogens is 3. The topological polar surface area (TPSA) is 86.0 Å². The third kappa shape index (κ3) is 4.00. The van der Waals surface area contributed by atoms with Gasteiger partial charge in [0.05, 0.1) is 5.69 Å². The van der Waals surface area contributed by atoms with E-state index in [0.717, 1.165) is 45.1 Å². The lowest BCUT2D eigenvalue weighted by atomic mass is 10.0. The molecule has 2 fully saturated rings. The number of piperazine rings is 1. The molecule has 5 rings (SSSR count). The van der Waals surface area contributed by atoms with Crippen molar-refractivity contribution in [3.63, 3.8) is 0 Å². The molecule has 2 aliphatic heterocycles. The van der Waals surface area contributed by atoms with Gasteiger partial charge in [0.15, 0.2) is 5.69 Å². The minimum absolute atomic E-state index is 0.0743. The summed E-state index contributed by atoms with van der Waals surface area (Å²) in [5.41, 5.74) is 4.47. The molecular weight excluding hydrogens is 392 g/mol. The number of rotatable bonds is 5. The van der Waals surface area contributed by atoms with Crippen LogP contribution < -0.4 is 10.2 Å². The lowest BCUT2D eigenvalue weighted by molar-refractivity contribution is 0.0691. The van der Waals surface area contributed by atoms with E-state index in [9.17, 15) is 9.90 Å². The Balaban J connectivity index is 1.24. The first-order valence-electron chi connectivity index (χ1n) is 11.0. The van der Waals surface area contributed by atoms with Crippen LogP contribution in [-0.4, -0.2) is 63.1 Å². The summed E-state index contributed by atoms with van der Waals surface area (Å²) >= 11 is 0. The van der Waals surface area contributed by atoms with Crippen LogP contribution in [0.5, 0.6) is 0 Å². The van der Waals surface area contributed by atoms with Crippen molar-refractivity contribution in [2.75, 3.05) is 37.6 Å². The number of imidazole rings is 1.